The van der Waals surface area contributed by atoms with Gasteiger partial charge in [0.1, 0.15) is 0 Å². The van der Waals surface area contributed by atoms with Crippen LogP contribution in [0.25, 0.3) is 0 Å². The zero-order valence-electron chi connectivity index (χ0n) is 14.9. The van der Waals surface area contributed by atoms with E-state index in [-0.39, 0.29) is 0 Å². The first-order valence-corrected chi connectivity index (χ1v) is 9.10. The van der Waals surface area contributed by atoms with Crippen LogP contribution in [0, 0.1) is 17.8 Å². The predicted octanol–water partition coefficient (Wildman–Crippen LogP) is 3.64. The van der Waals surface area contributed by atoms with Crippen LogP contribution in [0.1, 0.15) is 60.3 Å². The second kappa shape index (κ2) is 9.45. The lowest BCUT2D eigenvalue weighted by Gasteiger charge is -2.39. The summed E-state index contributed by atoms with van der Waals surface area (Å²) in [5.74, 6) is 2.85. The first-order valence-electron chi connectivity index (χ1n) is 9.10. The fraction of sp³-hybridized carbons (Fsp3) is 0.944. The Bertz CT molecular complexity index is 290. The molecular formula is C18H36N2O. The maximum Gasteiger partial charge on any atom is 0.223 e. The number of likely N-dealkylation sites (tertiary alicyclic amines) is 2. The molecule has 2 heterocycles. The summed E-state index contributed by atoms with van der Waals surface area (Å²) in [5.41, 5.74) is 0. The Kier molecular flexibility index (Phi) is 8.31. The van der Waals surface area contributed by atoms with Crippen LogP contribution in [-0.2, 0) is 4.79 Å². The monoisotopic (exact) mass is 296 g/mol. The zero-order chi connectivity index (χ0) is 15.8. The molecule has 0 aromatic rings. The van der Waals surface area contributed by atoms with Crippen LogP contribution in [0.5, 0.6) is 0 Å². The molecular weight excluding hydrogens is 260 g/mol. The van der Waals surface area contributed by atoms with E-state index in [4.69, 9.17) is 0 Å². The number of carbonyl (C=O) groups is 1. The third-order valence-corrected chi connectivity index (χ3v) is 5.09. The maximum absolute atomic E-state index is 12.2. The van der Waals surface area contributed by atoms with E-state index < -0.39 is 0 Å². The summed E-state index contributed by atoms with van der Waals surface area (Å²) in [7, 11) is 0. The average molecular weight is 296 g/mol. The summed E-state index contributed by atoms with van der Waals surface area (Å²) in [4.78, 5) is 16.7. The van der Waals surface area contributed by atoms with Crippen LogP contribution < -0.4 is 0 Å². The lowest BCUT2D eigenvalue weighted by atomic mass is 9.86. The van der Waals surface area contributed by atoms with Crippen molar-refractivity contribution < 1.29 is 4.79 Å². The molecule has 0 aliphatic carbocycles. The minimum atomic E-state index is 0.377. The van der Waals surface area contributed by atoms with Gasteiger partial charge in [0.25, 0.3) is 0 Å². The number of hydrogen-bond acceptors (Lipinski definition) is 2. The highest BCUT2D eigenvalue weighted by molar-refractivity contribution is 5.76. The molecule has 2 aliphatic rings. The third-order valence-electron chi connectivity index (χ3n) is 5.09. The standard InChI is InChI=1S/C16H30N2O.C2H6/c1-4-14-11-17(12-14)8-7-16(19)18-9-5-15(6-10-18)13(2)3;1-2/h13-15H,4-12H2,1-3H3;1-2H3. The molecule has 2 fully saturated rings. The summed E-state index contributed by atoms with van der Waals surface area (Å²) >= 11 is 0. The molecule has 0 unspecified atom stereocenters. The van der Waals surface area contributed by atoms with Gasteiger partial charge in [-0.3, -0.25) is 4.79 Å². The average Bonchev–Trinajstić information content (AvgIpc) is 2.48. The van der Waals surface area contributed by atoms with Crippen molar-refractivity contribution in [3.8, 4) is 0 Å². The molecule has 124 valence electrons. The van der Waals surface area contributed by atoms with Gasteiger partial charge < -0.3 is 9.80 Å². The van der Waals surface area contributed by atoms with E-state index in [9.17, 15) is 4.79 Å². The molecule has 21 heavy (non-hydrogen) atoms. The number of amides is 1. The minimum Gasteiger partial charge on any atom is -0.343 e. The van der Waals surface area contributed by atoms with Crippen LogP contribution in [0.4, 0.5) is 0 Å². The van der Waals surface area contributed by atoms with Crippen LogP contribution >= 0.6 is 0 Å². The van der Waals surface area contributed by atoms with Gasteiger partial charge in [0.15, 0.2) is 0 Å². The molecule has 3 nitrogen and oxygen atoms in total. The lowest BCUT2D eigenvalue weighted by Crippen LogP contribution is -2.48. The van der Waals surface area contributed by atoms with Crippen molar-refractivity contribution in [2.45, 2.75) is 60.3 Å². The van der Waals surface area contributed by atoms with Crippen LogP contribution in [0.15, 0.2) is 0 Å². The SMILES string of the molecule is CC.CCC1CN(CCC(=O)N2CCC(C(C)C)CC2)C1. The molecule has 0 N–H and O–H groups in total. The number of hydrogen-bond donors (Lipinski definition) is 0. The molecule has 0 bridgehead atoms. The Hall–Kier alpha value is -0.570. The lowest BCUT2D eigenvalue weighted by molar-refractivity contribution is -0.133. The highest BCUT2D eigenvalue weighted by Gasteiger charge is 2.27. The molecule has 1 amide bonds. The van der Waals surface area contributed by atoms with Crippen molar-refractivity contribution in [1.82, 2.24) is 9.80 Å². The van der Waals surface area contributed by atoms with Crippen molar-refractivity contribution >= 4 is 5.91 Å². The van der Waals surface area contributed by atoms with Gasteiger partial charge in [-0.15, -0.1) is 0 Å². The van der Waals surface area contributed by atoms with Gasteiger partial charge in [0, 0.05) is 39.1 Å². The van der Waals surface area contributed by atoms with E-state index in [0.717, 1.165) is 43.8 Å². The van der Waals surface area contributed by atoms with Gasteiger partial charge in [-0.1, -0.05) is 41.0 Å². The molecule has 2 saturated heterocycles. The molecule has 0 saturated carbocycles. The molecule has 3 heteroatoms. The van der Waals surface area contributed by atoms with E-state index in [0.29, 0.717) is 5.91 Å². The Morgan fingerprint density at radius 2 is 1.71 bits per heavy atom. The summed E-state index contributed by atoms with van der Waals surface area (Å²) in [6, 6.07) is 0. The predicted molar refractivity (Wildman–Crippen MR) is 90.3 cm³/mol. The molecule has 0 aromatic carbocycles. The highest BCUT2D eigenvalue weighted by Crippen LogP contribution is 2.25. The fourth-order valence-corrected chi connectivity index (χ4v) is 3.34. The van der Waals surface area contributed by atoms with Gasteiger partial charge >= 0.3 is 0 Å². The quantitative estimate of drug-likeness (QED) is 0.773. The molecule has 0 aromatic heterocycles. The van der Waals surface area contributed by atoms with Crippen molar-refractivity contribution in [1.29, 1.82) is 0 Å². The third kappa shape index (κ3) is 5.61. The molecule has 0 spiro atoms. The Balaban J connectivity index is 0.00000106. The van der Waals surface area contributed by atoms with E-state index >= 15 is 0 Å². The highest BCUT2D eigenvalue weighted by atomic mass is 16.2. The second-order valence-corrected chi connectivity index (χ2v) is 6.75. The van der Waals surface area contributed by atoms with Gasteiger partial charge in [-0.2, -0.15) is 0 Å². The van der Waals surface area contributed by atoms with E-state index in [1.54, 1.807) is 0 Å². The molecule has 0 radical (unpaired) electrons. The molecule has 2 rings (SSSR count). The Morgan fingerprint density at radius 3 is 2.19 bits per heavy atom. The van der Waals surface area contributed by atoms with Crippen molar-refractivity contribution in [2.24, 2.45) is 17.8 Å². The van der Waals surface area contributed by atoms with Crippen LogP contribution in [0.3, 0.4) is 0 Å². The van der Waals surface area contributed by atoms with Crippen molar-refractivity contribution in [3.63, 3.8) is 0 Å². The smallest absolute Gasteiger partial charge is 0.223 e. The first-order chi connectivity index (χ1) is 10.1. The van der Waals surface area contributed by atoms with Crippen molar-refractivity contribution in [2.75, 3.05) is 32.7 Å². The van der Waals surface area contributed by atoms with Gasteiger partial charge in [-0.25, -0.2) is 0 Å². The molecule has 0 atom stereocenters. The number of nitrogens with zero attached hydrogens (tertiary/aromatic N) is 2. The topological polar surface area (TPSA) is 23.6 Å². The normalized spacial score (nSPS) is 21.0. The van der Waals surface area contributed by atoms with Gasteiger partial charge in [0.05, 0.1) is 0 Å². The van der Waals surface area contributed by atoms with Gasteiger partial charge in [0.2, 0.25) is 5.91 Å². The zero-order valence-corrected chi connectivity index (χ0v) is 14.9. The summed E-state index contributed by atoms with van der Waals surface area (Å²) in [6.07, 6.45) is 4.41. The second-order valence-electron chi connectivity index (χ2n) is 6.75. The Labute approximate surface area is 132 Å². The summed E-state index contributed by atoms with van der Waals surface area (Å²) in [5, 5.41) is 0. The Morgan fingerprint density at radius 1 is 1.14 bits per heavy atom. The van der Waals surface area contributed by atoms with E-state index in [1.165, 1.54) is 32.4 Å². The summed E-state index contributed by atoms with van der Waals surface area (Å²) < 4.78 is 0. The van der Waals surface area contributed by atoms with Crippen LogP contribution in [-0.4, -0.2) is 48.4 Å². The molecule has 2 aliphatic heterocycles. The number of rotatable bonds is 5. The van der Waals surface area contributed by atoms with Gasteiger partial charge in [-0.05, 0) is 30.6 Å². The summed E-state index contributed by atoms with van der Waals surface area (Å²) in [6.45, 7) is 16.2. The van der Waals surface area contributed by atoms with Crippen molar-refractivity contribution in [3.05, 3.63) is 0 Å². The maximum atomic E-state index is 12.2. The first kappa shape index (κ1) is 18.5. The van der Waals surface area contributed by atoms with E-state index in [1.807, 2.05) is 13.8 Å². The number of piperidine rings is 1. The number of carbonyl (C=O) groups excluding carboxylic acids is 1. The fourth-order valence-electron chi connectivity index (χ4n) is 3.34. The minimum absolute atomic E-state index is 0.377. The van der Waals surface area contributed by atoms with E-state index in [2.05, 4.69) is 30.6 Å². The van der Waals surface area contributed by atoms with Crippen LogP contribution in [0.2, 0.25) is 0 Å². The largest absolute Gasteiger partial charge is 0.343 e.